The summed E-state index contributed by atoms with van der Waals surface area (Å²) in [5.74, 6) is 1.04. The number of phenols is 1. The van der Waals surface area contributed by atoms with Gasteiger partial charge in [0.2, 0.25) is 0 Å². The second kappa shape index (κ2) is 10.6. The van der Waals surface area contributed by atoms with Gasteiger partial charge in [0.05, 0.1) is 18.2 Å². The van der Waals surface area contributed by atoms with Crippen molar-refractivity contribution in [2.24, 2.45) is 0 Å². The molecule has 9 heteroatoms. The van der Waals surface area contributed by atoms with Gasteiger partial charge in [-0.3, -0.25) is 4.90 Å². The molecule has 0 amide bonds. The molecule has 4 bridgehead atoms. The largest absolute Gasteiger partial charge is 0.508 e. The van der Waals surface area contributed by atoms with Crippen LogP contribution in [0.2, 0.25) is 5.02 Å². The molecule has 4 aliphatic rings. The van der Waals surface area contributed by atoms with E-state index in [4.69, 9.17) is 26.3 Å². The maximum Gasteiger partial charge on any atom is 0.158 e. The van der Waals surface area contributed by atoms with E-state index in [1.807, 2.05) is 30.3 Å². The van der Waals surface area contributed by atoms with E-state index in [-0.39, 0.29) is 16.3 Å². The summed E-state index contributed by atoms with van der Waals surface area (Å²) < 4.78 is 22.4. The molecule has 1 aromatic heterocycles. The number of ether oxygens (including phenoxy) is 1. The molecule has 4 atom stereocenters. The van der Waals surface area contributed by atoms with Crippen LogP contribution in [0.25, 0.3) is 32.8 Å². The van der Waals surface area contributed by atoms with E-state index in [2.05, 4.69) is 15.1 Å². The Morgan fingerprint density at radius 1 is 1.00 bits per heavy atom. The summed E-state index contributed by atoms with van der Waals surface area (Å²) in [5, 5.41) is 16.8. The molecular weight excluding hydrogens is 553 g/mol. The Balaban J connectivity index is 1.18. The van der Waals surface area contributed by atoms with Gasteiger partial charge >= 0.3 is 0 Å². The van der Waals surface area contributed by atoms with Crippen LogP contribution >= 0.6 is 11.6 Å². The summed E-state index contributed by atoms with van der Waals surface area (Å²) >= 11 is 6.89. The number of hydrogen-bond donors (Lipinski definition) is 2. The quantitative estimate of drug-likeness (QED) is 0.269. The lowest BCUT2D eigenvalue weighted by Gasteiger charge is -2.52. The van der Waals surface area contributed by atoms with Crippen LogP contribution in [-0.4, -0.2) is 77.0 Å². The molecule has 0 saturated carbocycles. The number of fused-ring (bicyclic) bond motifs is 6. The Hall–Kier alpha value is -3.04. The second-order valence-corrected chi connectivity index (χ2v) is 12.8. The van der Waals surface area contributed by atoms with Gasteiger partial charge in [0.25, 0.3) is 0 Å². The number of benzene rings is 3. The molecule has 0 spiro atoms. The van der Waals surface area contributed by atoms with Crippen LogP contribution in [0.4, 0.5) is 10.2 Å². The predicted octanol–water partition coefficient (Wildman–Crippen LogP) is 5.68. The fourth-order valence-corrected chi connectivity index (χ4v) is 7.95. The van der Waals surface area contributed by atoms with Crippen molar-refractivity contribution in [3.63, 3.8) is 0 Å². The summed E-state index contributed by atoms with van der Waals surface area (Å²) in [4.78, 5) is 14.8. The number of halogens is 2. The zero-order valence-electron chi connectivity index (χ0n) is 23.5. The minimum absolute atomic E-state index is 0.0672. The predicted molar refractivity (Wildman–Crippen MR) is 164 cm³/mol. The van der Waals surface area contributed by atoms with Crippen molar-refractivity contribution in [3.05, 3.63) is 59.1 Å². The Morgan fingerprint density at radius 2 is 1.79 bits per heavy atom. The number of anilines is 1. The second-order valence-electron chi connectivity index (χ2n) is 12.4. The average molecular weight is 588 g/mol. The van der Waals surface area contributed by atoms with Crippen LogP contribution in [0.15, 0.2) is 42.5 Å². The highest BCUT2D eigenvalue weighted by molar-refractivity contribution is 6.35. The third kappa shape index (κ3) is 4.60. The number of hydrogen-bond acceptors (Lipinski definition) is 7. The van der Waals surface area contributed by atoms with Crippen LogP contribution in [0, 0.1) is 5.82 Å². The van der Waals surface area contributed by atoms with Crippen LogP contribution in [0.1, 0.15) is 37.9 Å². The summed E-state index contributed by atoms with van der Waals surface area (Å²) in [5.41, 5.74) is 1.11. The van der Waals surface area contributed by atoms with Gasteiger partial charge in [-0.15, -0.1) is 0 Å². The monoisotopic (exact) mass is 587 g/mol. The summed E-state index contributed by atoms with van der Waals surface area (Å²) in [6.07, 6.45) is 6.21. The molecule has 218 valence electrons. The van der Waals surface area contributed by atoms with Gasteiger partial charge in [-0.25, -0.2) is 14.4 Å². The van der Waals surface area contributed by atoms with Gasteiger partial charge in [0.15, 0.2) is 5.82 Å². The van der Waals surface area contributed by atoms with Gasteiger partial charge in [-0.1, -0.05) is 35.9 Å². The molecule has 7 nitrogen and oxygen atoms in total. The molecule has 4 fully saturated rings. The van der Waals surface area contributed by atoms with E-state index in [0.29, 0.717) is 52.9 Å². The van der Waals surface area contributed by atoms with Crippen molar-refractivity contribution in [2.75, 3.05) is 37.7 Å². The van der Waals surface area contributed by atoms with Gasteiger partial charge in [-0.2, -0.15) is 0 Å². The number of unbranched alkanes of at least 4 members (excludes halogenated alkanes) is 1. The highest BCUT2D eigenvalue weighted by Gasteiger charge is 2.41. The molecule has 0 radical (unpaired) electrons. The molecular formula is C33H35ClFN5O2. The summed E-state index contributed by atoms with van der Waals surface area (Å²) in [7, 11) is 0. The lowest BCUT2D eigenvalue weighted by molar-refractivity contribution is -0.127. The lowest BCUT2D eigenvalue weighted by Crippen LogP contribution is -2.63. The molecule has 4 aliphatic heterocycles. The number of aromatic nitrogens is 2. The smallest absolute Gasteiger partial charge is 0.158 e. The zero-order valence-corrected chi connectivity index (χ0v) is 24.3. The summed E-state index contributed by atoms with van der Waals surface area (Å²) in [6.45, 7) is 4.41. The number of phenolic OH excluding ortho intramolecular Hbond substituents is 1. The van der Waals surface area contributed by atoms with Crippen molar-refractivity contribution >= 4 is 39.1 Å². The lowest BCUT2D eigenvalue weighted by atomic mass is 9.91. The molecule has 4 aromatic rings. The molecule has 8 rings (SSSR count). The van der Waals surface area contributed by atoms with Crippen LogP contribution in [-0.2, 0) is 11.2 Å². The highest BCUT2D eigenvalue weighted by Crippen LogP contribution is 2.42. The van der Waals surface area contributed by atoms with Crippen LogP contribution < -0.4 is 10.2 Å². The SMILES string of the molecule is Oc1cc(-c2c(Cl)cc3c(N4CC5CCC(C4)N5)nc(CCCCN4C5COCC4C5)nc3c2F)c2ccccc2c1. The first-order valence-electron chi connectivity index (χ1n) is 15.3. The Labute approximate surface area is 249 Å². The zero-order chi connectivity index (χ0) is 28.4. The van der Waals surface area contributed by atoms with Gasteiger partial charge in [0.1, 0.15) is 22.9 Å². The van der Waals surface area contributed by atoms with Crippen molar-refractivity contribution in [2.45, 2.75) is 62.7 Å². The average Bonchev–Trinajstić information content (AvgIpc) is 3.34. The van der Waals surface area contributed by atoms with E-state index in [9.17, 15) is 5.11 Å². The standard InChI is InChI=1S/C33H35ClFN5O2/c34-28-14-27-32(31(35)30(28)26-13-24(41)11-19-5-1-2-6-25(19)26)37-29(7-3-4-10-40-22-12-23(40)18-42-17-22)38-33(27)39-15-20-8-9-21(16-39)36-20/h1-2,5-6,11,13-14,20-23,36,41H,3-4,7-10,12,15-18H2. The maximum absolute atomic E-state index is 16.7. The third-order valence-electron chi connectivity index (χ3n) is 9.71. The maximum atomic E-state index is 16.7. The van der Waals surface area contributed by atoms with E-state index >= 15 is 4.39 Å². The van der Waals surface area contributed by atoms with E-state index in [1.165, 1.54) is 6.42 Å². The van der Waals surface area contributed by atoms with Crippen LogP contribution in [0.5, 0.6) is 5.75 Å². The first kappa shape index (κ1) is 26.6. The number of nitrogens with zero attached hydrogens (tertiary/aromatic N) is 4. The van der Waals surface area contributed by atoms with E-state index < -0.39 is 5.82 Å². The molecule has 5 heterocycles. The molecule has 4 unspecified atom stereocenters. The Kier molecular flexibility index (Phi) is 6.70. The topological polar surface area (TPSA) is 73.8 Å². The first-order chi connectivity index (χ1) is 20.5. The van der Waals surface area contributed by atoms with E-state index in [1.54, 1.807) is 12.1 Å². The van der Waals surface area contributed by atoms with Crippen LogP contribution in [0.3, 0.4) is 0 Å². The third-order valence-corrected chi connectivity index (χ3v) is 10.0. The van der Waals surface area contributed by atoms with Gasteiger partial charge in [-0.05, 0) is 73.2 Å². The van der Waals surface area contributed by atoms with Gasteiger partial charge in [0, 0.05) is 54.6 Å². The van der Waals surface area contributed by atoms with Gasteiger partial charge < -0.3 is 20.1 Å². The summed E-state index contributed by atoms with van der Waals surface area (Å²) in [6, 6.07) is 14.7. The fourth-order valence-electron chi connectivity index (χ4n) is 7.65. The van der Waals surface area contributed by atoms with Crippen molar-refractivity contribution in [1.29, 1.82) is 0 Å². The normalized spacial score (nSPS) is 25.3. The molecule has 2 N–H and O–H groups in total. The highest BCUT2D eigenvalue weighted by atomic mass is 35.5. The van der Waals surface area contributed by atoms with E-state index in [0.717, 1.165) is 75.1 Å². The minimum atomic E-state index is -0.468. The number of nitrogens with one attached hydrogen (secondary N) is 1. The molecule has 0 aliphatic carbocycles. The molecule has 42 heavy (non-hydrogen) atoms. The van der Waals surface area contributed by atoms with Crippen molar-refractivity contribution in [1.82, 2.24) is 20.2 Å². The number of rotatable bonds is 7. The number of piperazine rings is 1. The molecule has 4 saturated heterocycles. The van der Waals surface area contributed by atoms with Crippen molar-refractivity contribution in [3.8, 4) is 16.9 Å². The first-order valence-corrected chi connectivity index (χ1v) is 15.6. The fraction of sp³-hybridized carbons (Fsp3) is 0.455. The Bertz CT molecular complexity index is 1660. The number of aryl methyl sites for hydroxylation is 1. The number of morpholine rings is 1. The number of aromatic hydroxyl groups is 1. The molecule has 3 aromatic carbocycles. The minimum Gasteiger partial charge on any atom is -0.508 e. The van der Waals surface area contributed by atoms with Crippen molar-refractivity contribution < 1.29 is 14.2 Å². The Morgan fingerprint density at radius 3 is 2.57 bits per heavy atom.